The van der Waals surface area contributed by atoms with Gasteiger partial charge in [0.05, 0.1) is 22.8 Å². The van der Waals surface area contributed by atoms with E-state index in [0.717, 1.165) is 81.3 Å². The van der Waals surface area contributed by atoms with Crippen molar-refractivity contribution in [2.24, 2.45) is 0 Å². The lowest BCUT2D eigenvalue weighted by Crippen LogP contribution is -2.21. The van der Waals surface area contributed by atoms with E-state index < -0.39 is 0 Å². The van der Waals surface area contributed by atoms with Crippen LogP contribution in [-0.2, 0) is 5.41 Å². The molecule has 0 spiro atoms. The van der Waals surface area contributed by atoms with Gasteiger partial charge in [0.1, 0.15) is 0 Å². The fraction of sp³-hybridized carbons (Fsp3) is 0.138. The van der Waals surface area contributed by atoms with Gasteiger partial charge in [0.25, 0.3) is 0 Å². The predicted molar refractivity (Wildman–Crippen MR) is 263 cm³/mol. The zero-order valence-corrected chi connectivity index (χ0v) is 36.1. The summed E-state index contributed by atoms with van der Waals surface area (Å²) in [7, 11) is 0. The van der Waals surface area contributed by atoms with E-state index in [1.54, 1.807) is 0 Å². The number of hydrogen-bond donors (Lipinski definition) is 0. The first-order valence-corrected chi connectivity index (χ1v) is 21.7. The molecule has 0 amide bonds. The Hall–Kier alpha value is -7.30. The molecule has 0 aliphatic rings. The first-order valence-electron chi connectivity index (χ1n) is 21.7. The van der Waals surface area contributed by atoms with E-state index >= 15 is 0 Å². The molecular weight excluding hydrogens is 753 g/mol. The molecule has 4 heteroatoms. The van der Waals surface area contributed by atoms with Gasteiger partial charge in [-0.1, -0.05) is 197 Å². The van der Waals surface area contributed by atoms with Gasteiger partial charge in [0, 0.05) is 33.2 Å². The Morgan fingerprint density at radius 2 is 1.11 bits per heavy atom. The van der Waals surface area contributed by atoms with E-state index in [4.69, 9.17) is 19.9 Å². The summed E-state index contributed by atoms with van der Waals surface area (Å²) >= 11 is 0. The molecule has 2 heterocycles. The number of hydrogen-bond acceptors (Lipinski definition) is 4. The maximum Gasteiger partial charge on any atom is 0.160 e. The van der Waals surface area contributed by atoms with Crippen LogP contribution in [0.3, 0.4) is 0 Å². The van der Waals surface area contributed by atoms with Gasteiger partial charge in [-0.3, -0.25) is 0 Å². The third-order valence-electron chi connectivity index (χ3n) is 11.9. The van der Waals surface area contributed by atoms with Crippen molar-refractivity contribution in [3.8, 4) is 45.2 Å². The van der Waals surface area contributed by atoms with Crippen LogP contribution < -0.4 is 0 Å². The molecule has 62 heavy (non-hydrogen) atoms. The smallest absolute Gasteiger partial charge is 0.160 e. The normalized spacial score (nSPS) is 12.5. The van der Waals surface area contributed by atoms with Crippen LogP contribution in [0.25, 0.3) is 77.9 Å². The Morgan fingerprint density at radius 1 is 0.548 bits per heavy atom. The molecule has 0 fully saturated rings. The molecule has 0 atom stereocenters. The maximum absolute atomic E-state index is 5.15. The van der Waals surface area contributed by atoms with Gasteiger partial charge in [-0.25, -0.2) is 19.9 Å². The summed E-state index contributed by atoms with van der Waals surface area (Å²) < 4.78 is 0. The number of nitrogens with zero attached hydrogens (tertiary/aromatic N) is 4. The average molecular weight is 805 g/mol. The van der Waals surface area contributed by atoms with Crippen molar-refractivity contribution in [2.45, 2.75) is 52.4 Å². The molecule has 0 unspecified atom stereocenters. The van der Waals surface area contributed by atoms with Gasteiger partial charge in [0.15, 0.2) is 11.6 Å². The Labute approximate surface area is 366 Å². The first kappa shape index (κ1) is 41.4. The van der Waals surface area contributed by atoms with Crippen molar-refractivity contribution < 1.29 is 0 Å². The first-order chi connectivity index (χ1) is 30.4. The van der Waals surface area contributed by atoms with E-state index in [1.807, 2.05) is 31.2 Å². The number of rotatable bonds is 14. The summed E-state index contributed by atoms with van der Waals surface area (Å²) in [6, 6.07) is 53.2. The highest BCUT2D eigenvalue weighted by Gasteiger charge is 2.25. The van der Waals surface area contributed by atoms with E-state index in [2.05, 4.69) is 197 Å². The SMILES string of the molecule is C=C/C(=C\C=C\C(CC)(CC)c1ccc(-c2cc(-c3ccc4ccccc4c3)nc(C(/C=C\CC)=C/C)n2)cc1)c1cc(-c2ccc3ccccc3c2)nc(-c2ccccc2)n1. The predicted octanol–water partition coefficient (Wildman–Crippen LogP) is 15.5. The van der Waals surface area contributed by atoms with Crippen LogP contribution in [0.2, 0.25) is 0 Å². The Morgan fingerprint density at radius 3 is 1.69 bits per heavy atom. The zero-order valence-electron chi connectivity index (χ0n) is 36.1. The summed E-state index contributed by atoms with van der Waals surface area (Å²) in [4.78, 5) is 20.4. The van der Waals surface area contributed by atoms with Gasteiger partial charge in [-0.05, 0) is 83.1 Å². The summed E-state index contributed by atoms with van der Waals surface area (Å²) in [5.74, 6) is 1.40. The summed E-state index contributed by atoms with van der Waals surface area (Å²) in [6.07, 6.45) is 17.7. The van der Waals surface area contributed by atoms with E-state index in [-0.39, 0.29) is 5.41 Å². The third kappa shape index (κ3) is 8.91. The third-order valence-corrected chi connectivity index (χ3v) is 11.9. The van der Waals surface area contributed by atoms with E-state index in [1.165, 1.54) is 27.1 Å². The molecule has 304 valence electrons. The van der Waals surface area contributed by atoms with Crippen molar-refractivity contribution in [1.29, 1.82) is 0 Å². The summed E-state index contributed by atoms with van der Waals surface area (Å²) in [5.41, 5.74) is 10.6. The van der Waals surface area contributed by atoms with Crippen LogP contribution in [0, 0.1) is 0 Å². The Bertz CT molecular complexity index is 2980. The maximum atomic E-state index is 5.15. The van der Waals surface area contributed by atoms with E-state index in [9.17, 15) is 0 Å². The lowest BCUT2D eigenvalue weighted by atomic mass is 9.75. The lowest BCUT2D eigenvalue weighted by Gasteiger charge is -2.29. The van der Waals surface area contributed by atoms with E-state index in [0.29, 0.717) is 5.82 Å². The molecule has 0 aliphatic heterocycles. The highest BCUT2D eigenvalue weighted by atomic mass is 14.9. The topological polar surface area (TPSA) is 51.6 Å². The van der Waals surface area contributed by atoms with Gasteiger partial charge in [-0.2, -0.15) is 0 Å². The van der Waals surface area contributed by atoms with Crippen LogP contribution in [0.4, 0.5) is 0 Å². The standard InChI is InChI=1S/C58H52N4/c1-6-11-20-42(8-3)56-60-53(40-55(61-56)50-31-29-44-22-16-18-26-48(44)38-50)45-32-34-51(35-33-45)58(9-4,10-5)36-19-27-41(7-2)52-39-54(62-57(59-52)46-23-13-12-14-24-46)49-30-28-43-21-15-17-25-47(43)37-49/h7-8,11-40H,2,6,9-10H2,1,3-5H3/b20-11-,36-19+,41-27+,42-8+. The summed E-state index contributed by atoms with van der Waals surface area (Å²) in [6.45, 7) is 12.9. The molecule has 8 rings (SSSR count). The van der Waals surface area contributed by atoms with Gasteiger partial charge in [-0.15, -0.1) is 0 Å². The van der Waals surface area contributed by atoms with Gasteiger partial charge < -0.3 is 0 Å². The van der Waals surface area contributed by atoms with Crippen LogP contribution in [-0.4, -0.2) is 19.9 Å². The highest BCUT2D eigenvalue weighted by Crippen LogP contribution is 2.36. The molecule has 0 N–H and O–H groups in total. The number of allylic oxidation sites excluding steroid dienone is 9. The quantitative estimate of drug-likeness (QED) is 0.103. The van der Waals surface area contributed by atoms with Gasteiger partial charge >= 0.3 is 0 Å². The Balaban J connectivity index is 1.13. The fourth-order valence-corrected chi connectivity index (χ4v) is 8.13. The molecular formula is C58H52N4. The van der Waals surface area contributed by atoms with Crippen LogP contribution in [0.15, 0.2) is 201 Å². The second kappa shape index (κ2) is 19.0. The lowest BCUT2D eigenvalue weighted by molar-refractivity contribution is 0.497. The molecule has 2 aromatic heterocycles. The molecule has 4 nitrogen and oxygen atoms in total. The molecule has 0 bridgehead atoms. The molecule has 0 saturated carbocycles. The molecule has 0 saturated heterocycles. The number of aromatic nitrogens is 4. The fourth-order valence-electron chi connectivity index (χ4n) is 8.13. The molecule has 6 aromatic carbocycles. The van der Waals surface area contributed by atoms with Crippen LogP contribution >= 0.6 is 0 Å². The van der Waals surface area contributed by atoms with Crippen LogP contribution in [0.1, 0.15) is 64.0 Å². The monoisotopic (exact) mass is 804 g/mol. The minimum absolute atomic E-state index is 0.186. The molecule has 8 aromatic rings. The largest absolute Gasteiger partial charge is 0.228 e. The minimum Gasteiger partial charge on any atom is -0.228 e. The van der Waals surface area contributed by atoms with Crippen molar-refractivity contribution in [3.05, 3.63) is 218 Å². The molecule has 0 aliphatic carbocycles. The van der Waals surface area contributed by atoms with Crippen molar-refractivity contribution in [3.63, 3.8) is 0 Å². The minimum atomic E-state index is -0.186. The van der Waals surface area contributed by atoms with Gasteiger partial charge in [0.2, 0.25) is 0 Å². The van der Waals surface area contributed by atoms with Crippen molar-refractivity contribution in [2.75, 3.05) is 0 Å². The van der Waals surface area contributed by atoms with Crippen molar-refractivity contribution in [1.82, 2.24) is 19.9 Å². The molecule has 0 radical (unpaired) electrons. The zero-order chi connectivity index (χ0) is 42.9. The number of fused-ring (bicyclic) bond motifs is 2. The second-order valence-electron chi connectivity index (χ2n) is 15.6. The van der Waals surface area contributed by atoms with Crippen LogP contribution in [0.5, 0.6) is 0 Å². The summed E-state index contributed by atoms with van der Waals surface area (Å²) in [5, 5.41) is 4.77. The van der Waals surface area contributed by atoms with Crippen molar-refractivity contribution >= 4 is 32.7 Å². The Kier molecular flexibility index (Phi) is 12.7. The second-order valence-corrected chi connectivity index (χ2v) is 15.6. The average Bonchev–Trinajstić information content (AvgIpc) is 3.34. The number of benzene rings is 6. The highest BCUT2D eigenvalue weighted by molar-refractivity contribution is 5.89.